The fourth-order valence-corrected chi connectivity index (χ4v) is 5.95. The molecule has 0 N–H and O–H groups in total. The first-order chi connectivity index (χ1) is 15.9. The lowest BCUT2D eigenvalue weighted by atomic mass is 9.87. The van der Waals surface area contributed by atoms with Crippen LogP contribution in [0.3, 0.4) is 0 Å². The number of hydrogen-bond acceptors (Lipinski definition) is 1. The molecular weight excluding hydrogens is 386 g/mol. The van der Waals surface area contributed by atoms with E-state index in [0.717, 1.165) is 5.52 Å². The fraction of sp³-hybridized carbons (Fsp3) is 0. The van der Waals surface area contributed by atoms with Gasteiger partial charge in [0.2, 0.25) is 0 Å². The normalized spacial score (nSPS) is 12.4. The Labute approximate surface area is 184 Å². The Hall–Kier alpha value is -4.23. The summed E-state index contributed by atoms with van der Waals surface area (Å²) in [5.74, 6) is 0. The molecule has 0 unspecified atom stereocenters. The van der Waals surface area contributed by atoms with Crippen molar-refractivity contribution in [2.24, 2.45) is 0 Å². The van der Waals surface area contributed by atoms with Crippen molar-refractivity contribution in [3.8, 4) is 22.3 Å². The second-order valence-electron chi connectivity index (χ2n) is 8.73. The third-order valence-electron chi connectivity index (χ3n) is 7.20. The van der Waals surface area contributed by atoms with E-state index < -0.39 is 0 Å². The van der Waals surface area contributed by atoms with Crippen LogP contribution in [0.15, 0.2) is 103 Å². The number of nitrogens with zero attached hydrogens (tertiary/aromatic N) is 1. The molecule has 0 spiro atoms. The van der Waals surface area contributed by atoms with Crippen molar-refractivity contribution in [1.82, 2.24) is 4.98 Å². The molecule has 0 fully saturated rings. The van der Waals surface area contributed by atoms with Crippen molar-refractivity contribution in [1.29, 1.82) is 0 Å². The first-order valence-corrected chi connectivity index (χ1v) is 11.1. The van der Waals surface area contributed by atoms with Crippen LogP contribution in [0.5, 0.6) is 0 Å². The zero-order valence-electron chi connectivity index (χ0n) is 17.3. The summed E-state index contributed by atoms with van der Waals surface area (Å²) in [6.07, 6.45) is 1.90. The van der Waals surface area contributed by atoms with Gasteiger partial charge in [-0.15, -0.1) is 0 Å². The SMILES string of the molecule is c1ccc2c(c1)ccc1c3ccccc3c3c(c21)-c1cccc2c1c-3cc1ncccc12. The number of rotatable bonds is 0. The maximum Gasteiger partial charge on any atom is 0.0714 e. The van der Waals surface area contributed by atoms with Crippen molar-refractivity contribution in [2.75, 3.05) is 0 Å². The van der Waals surface area contributed by atoms with Gasteiger partial charge in [-0.05, 0) is 77.5 Å². The van der Waals surface area contributed by atoms with Crippen LogP contribution < -0.4 is 0 Å². The van der Waals surface area contributed by atoms with E-state index in [4.69, 9.17) is 4.98 Å². The number of benzene rings is 6. The van der Waals surface area contributed by atoms with Gasteiger partial charge in [-0.2, -0.15) is 0 Å². The fourth-order valence-electron chi connectivity index (χ4n) is 5.95. The van der Waals surface area contributed by atoms with Gasteiger partial charge >= 0.3 is 0 Å². The summed E-state index contributed by atoms with van der Waals surface area (Å²) in [5.41, 5.74) is 6.42. The average molecular weight is 403 g/mol. The van der Waals surface area contributed by atoms with E-state index in [1.54, 1.807) is 0 Å². The zero-order valence-corrected chi connectivity index (χ0v) is 17.3. The second kappa shape index (κ2) is 5.72. The molecule has 1 aromatic heterocycles. The van der Waals surface area contributed by atoms with Gasteiger partial charge in [-0.25, -0.2) is 0 Å². The van der Waals surface area contributed by atoms with E-state index in [1.807, 2.05) is 12.3 Å². The lowest BCUT2D eigenvalue weighted by Crippen LogP contribution is -1.88. The molecular formula is C31H17N. The van der Waals surface area contributed by atoms with Crippen LogP contribution in [0.25, 0.3) is 76.2 Å². The summed E-state index contributed by atoms with van der Waals surface area (Å²) < 4.78 is 0. The van der Waals surface area contributed by atoms with E-state index in [-0.39, 0.29) is 0 Å². The van der Waals surface area contributed by atoms with Crippen molar-refractivity contribution in [2.45, 2.75) is 0 Å². The second-order valence-corrected chi connectivity index (χ2v) is 8.73. The van der Waals surface area contributed by atoms with Crippen molar-refractivity contribution in [3.05, 3.63) is 103 Å². The molecule has 8 rings (SSSR count). The lowest BCUT2D eigenvalue weighted by Gasteiger charge is -2.15. The van der Waals surface area contributed by atoms with Gasteiger partial charge in [0, 0.05) is 11.6 Å². The van der Waals surface area contributed by atoms with Gasteiger partial charge in [0.05, 0.1) is 5.52 Å². The van der Waals surface area contributed by atoms with Crippen LogP contribution in [0, 0.1) is 0 Å². The molecule has 146 valence electrons. The third-order valence-corrected chi connectivity index (χ3v) is 7.20. The van der Waals surface area contributed by atoms with Gasteiger partial charge < -0.3 is 0 Å². The third kappa shape index (κ3) is 1.88. The van der Waals surface area contributed by atoms with Crippen LogP contribution in [-0.4, -0.2) is 4.98 Å². The summed E-state index contributed by atoms with van der Waals surface area (Å²) in [7, 11) is 0. The molecule has 0 atom stereocenters. The number of pyridine rings is 1. The van der Waals surface area contributed by atoms with Crippen LogP contribution in [0.2, 0.25) is 0 Å². The highest BCUT2D eigenvalue weighted by Crippen LogP contribution is 2.55. The van der Waals surface area contributed by atoms with Crippen LogP contribution in [-0.2, 0) is 0 Å². The van der Waals surface area contributed by atoms with Crippen LogP contribution in [0.4, 0.5) is 0 Å². The van der Waals surface area contributed by atoms with E-state index in [9.17, 15) is 0 Å². The highest BCUT2D eigenvalue weighted by molar-refractivity contribution is 6.35. The number of aromatic nitrogens is 1. The van der Waals surface area contributed by atoms with Gasteiger partial charge in [0.25, 0.3) is 0 Å². The monoisotopic (exact) mass is 403 g/mol. The molecule has 7 aromatic rings. The predicted molar refractivity (Wildman–Crippen MR) is 136 cm³/mol. The Balaban J connectivity index is 1.74. The Kier molecular flexibility index (Phi) is 2.94. The highest BCUT2D eigenvalue weighted by atomic mass is 14.6. The first-order valence-electron chi connectivity index (χ1n) is 11.1. The zero-order chi connectivity index (χ0) is 20.8. The summed E-state index contributed by atoms with van der Waals surface area (Å²) in [6.45, 7) is 0. The first kappa shape index (κ1) is 16.5. The minimum atomic E-state index is 1.06. The van der Waals surface area contributed by atoms with E-state index >= 15 is 0 Å². The van der Waals surface area contributed by atoms with Crippen molar-refractivity contribution in [3.63, 3.8) is 0 Å². The number of fused-ring (bicyclic) bond motifs is 12. The molecule has 6 aromatic carbocycles. The molecule has 0 saturated carbocycles. The summed E-state index contributed by atoms with van der Waals surface area (Å²) in [6, 6.07) is 35.5. The summed E-state index contributed by atoms with van der Waals surface area (Å²) in [5, 5.41) is 11.8. The van der Waals surface area contributed by atoms with Crippen molar-refractivity contribution >= 4 is 54.0 Å². The maximum atomic E-state index is 4.73. The Morgan fingerprint density at radius 2 is 1.19 bits per heavy atom. The molecule has 1 aliphatic carbocycles. The Bertz CT molecular complexity index is 1930. The van der Waals surface area contributed by atoms with Crippen LogP contribution >= 0.6 is 0 Å². The smallest absolute Gasteiger partial charge is 0.0714 e. The van der Waals surface area contributed by atoms with Gasteiger partial charge in [0.15, 0.2) is 0 Å². The molecule has 0 saturated heterocycles. The minimum Gasteiger partial charge on any atom is -0.256 e. The summed E-state index contributed by atoms with van der Waals surface area (Å²) in [4.78, 5) is 4.73. The van der Waals surface area contributed by atoms with E-state index in [1.165, 1.54) is 70.7 Å². The molecule has 1 heteroatoms. The highest BCUT2D eigenvalue weighted by Gasteiger charge is 2.28. The topological polar surface area (TPSA) is 12.9 Å². The standard InChI is InChI=1S/C31H17N/c1-2-8-19-18(7-1)14-15-24-20-9-3-4-10-22(20)30-26-17-27-21(13-6-16-32-27)23-11-5-12-25(28(23)26)31(30)29(19)24/h1-17H. The Morgan fingerprint density at radius 3 is 2.12 bits per heavy atom. The largest absolute Gasteiger partial charge is 0.256 e. The molecule has 0 aliphatic heterocycles. The van der Waals surface area contributed by atoms with E-state index in [2.05, 4.69) is 91.0 Å². The quantitative estimate of drug-likeness (QED) is 0.231. The van der Waals surface area contributed by atoms with Crippen molar-refractivity contribution < 1.29 is 0 Å². The lowest BCUT2D eigenvalue weighted by molar-refractivity contribution is 1.42. The molecule has 0 bridgehead atoms. The minimum absolute atomic E-state index is 1.06. The molecule has 1 aliphatic rings. The van der Waals surface area contributed by atoms with E-state index in [0.29, 0.717) is 0 Å². The van der Waals surface area contributed by atoms with Gasteiger partial charge in [-0.3, -0.25) is 4.98 Å². The average Bonchev–Trinajstić information content (AvgIpc) is 3.19. The molecule has 32 heavy (non-hydrogen) atoms. The van der Waals surface area contributed by atoms with Gasteiger partial charge in [0.1, 0.15) is 0 Å². The number of hydrogen-bond donors (Lipinski definition) is 0. The predicted octanol–water partition coefficient (Wildman–Crippen LogP) is 8.49. The molecule has 1 nitrogen and oxygen atoms in total. The van der Waals surface area contributed by atoms with Gasteiger partial charge in [-0.1, -0.05) is 84.9 Å². The molecule has 0 radical (unpaired) electrons. The van der Waals surface area contributed by atoms with Crippen LogP contribution in [0.1, 0.15) is 0 Å². The molecule has 1 heterocycles. The summed E-state index contributed by atoms with van der Waals surface area (Å²) >= 11 is 0. The molecule has 0 amide bonds. The maximum absolute atomic E-state index is 4.73. The Morgan fingerprint density at radius 1 is 0.438 bits per heavy atom.